The molecule has 22 heavy (non-hydrogen) atoms. The molecule has 5 nitrogen and oxygen atoms in total. The molecule has 120 valence electrons. The van der Waals surface area contributed by atoms with Crippen molar-refractivity contribution in [1.29, 1.82) is 0 Å². The lowest BCUT2D eigenvalue weighted by atomic mass is 9.83. The van der Waals surface area contributed by atoms with Gasteiger partial charge in [-0.1, -0.05) is 39.0 Å². The number of aliphatic hydroxyl groups excluding tert-OH is 1. The van der Waals surface area contributed by atoms with Gasteiger partial charge < -0.3 is 9.67 Å². The zero-order chi connectivity index (χ0) is 16.7. The molecule has 0 saturated heterocycles. The second-order valence-corrected chi connectivity index (χ2v) is 6.94. The van der Waals surface area contributed by atoms with Crippen LogP contribution in [0.1, 0.15) is 42.9 Å². The molecule has 0 aliphatic carbocycles. The summed E-state index contributed by atoms with van der Waals surface area (Å²) >= 11 is 0. The molecule has 1 heterocycles. The third-order valence-corrected chi connectivity index (χ3v) is 3.78. The second-order valence-electron chi connectivity index (χ2n) is 6.94. The summed E-state index contributed by atoms with van der Waals surface area (Å²) in [7, 11) is 5.38. The van der Waals surface area contributed by atoms with Gasteiger partial charge in [0.15, 0.2) is 0 Å². The largest absolute Gasteiger partial charge is 0.388 e. The summed E-state index contributed by atoms with van der Waals surface area (Å²) in [6.07, 6.45) is -0.735. The molecule has 1 aromatic heterocycles. The van der Waals surface area contributed by atoms with E-state index in [1.165, 1.54) is 0 Å². The maximum Gasteiger partial charge on any atom is 0.282 e. The number of nitrogens with one attached hydrogen (secondary N) is 1. The lowest BCUT2D eigenvalue weighted by Crippen LogP contribution is -2.38. The minimum absolute atomic E-state index is 0.220. The Labute approximate surface area is 131 Å². The third-order valence-electron chi connectivity index (χ3n) is 3.78. The van der Waals surface area contributed by atoms with Crippen molar-refractivity contribution in [2.24, 2.45) is 12.5 Å². The maximum absolute atomic E-state index is 12.6. The number of amides is 1. The number of nitrogens with zero attached hydrogens (tertiary/aromatic N) is 2. The molecule has 1 unspecified atom stereocenters. The van der Waals surface area contributed by atoms with Crippen LogP contribution in [0.3, 0.4) is 0 Å². The molecule has 1 amide bonds. The summed E-state index contributed by atoms with van der Waals surface area (Å²) in [5, 5.41) is 13.3. The Balaban J connectivity index is 2.73. The normalized spacial score (nSPS) is 13.6. The number of fused-ring (bicyclic) bond motifs is 1. The highest BCUT2D eigenvalue weighted by atomic mass is 16.3. The predicted octanol–water partition coefficient (Wildman–Crippen LogP) is 2.46. The van der Waals surface area contributed by atoms with E-state index in [1.807, 2.05) is 56.7 Å². The van der Waals surface area contributed by atoms with Crippen molar-refractivity contribution < 1.29 is 9.90 Å². The fourth-order valence-corrected chi connectivity index (χ4v) is 2.66. The highest BCUT2D eigenvalue weighted by molar-refractivity contribution is 6.01. The highest BCUT2D eigenvalue weighted by Crippen LogP contribution is 2.39. The van der Waals surface area contributed by atoms with E-state index < -0.39 is 6.10 Å². The topological polar surface area (TPSA) is 57.5 Å². The Hall–Kier alpha value is -1.85. The Morgan fingerprint density at radius 1 is 1.27 bits per heavy atom. The number of hydrogen-bond donors (Lipinski definition) is 2. The second kappa shape index (κ2) is 5.74. The van der Waals surface area contributed by atoms with Crippen LogP contribution in [0.15, 0.2) is 24.3 Å². The summed E-state index contributed by atoms with van der Waals surface area (Å²) in [4.78, 5) is 12.6. The van der Waals surface area contributed by atoms with E-state index in [9.17, 15) is 9.90 Å². The van der Waals surface area contributed by atoms with E-state index >= 15 is 0 Å². The number of benzene rings is 1. The first kappa shape index (κ1) is 16.5. The number of hydrazine groups is 1. The number of para-hydroxylation sites is 1. The molecule has 1 aromatic carbocycles. The summed E-state index contributed by atoms with van der Waals surface area (Å²) in [5.74, 6) is -0.220. The number of carbonyl (C=O) groups excluding carboxylic acids is 1. The van der Waals surface area contributed by atoms with Crippen molar-refractivity contribution in [3.05, 3.63) is 35.5 Å². The van der Waals surface area contributed by atoms with Crippen LogP contribution in [0, 0.1) is 5.41 Å². The number of rotatable bonds is 3. The van der Waals surface area contributed by atoms with Gasteiger partial charge in [-0.2, -0.15) is 0 Å². The third kappa shape index (κ3) is 2.87. The lowest BCUT2D eigenvalue weighted by molar-refractivity contribution is 0.0610. The number of aryl methyl sites for hydroxylation is 1. The van der Waals surface area contributed by atoms with Crippen LogP contribution in [-0.4, -0.2) is 34.7 Å². The minimum atomic E-state index is -0.735. The number of aromatic nitrogens is 1. The van der Waals surface area contributed by atoms with Crippen molar-refractivity contribution in [2.45, 2.75) is 26.9 Å². The molecule has 0 aliphatic heterocycles. The molecule has 0 spiro atoms. The molecule has 0 aliphatic rings. The molecule has 0 fully saturated rings. The van der Waals surface area contributed by atoms with Crippen LogP contribution in [-0.2, 0) is 7.05 Å². The van der Waals surface area contributed by atoms with Gasteiger partial charge in [0.1, 0.15) is 5.69 Å². The zero-order valence-electron chi connectivity index (χ0n) is 14.1. The van der Waals surface area contributed by atoms with Crippen molar-refractivity contribution >= 4 is 16.8 Å². The van der Waals surface area contributed by atoms with Gasteiger partial charge in [-0.15, -0.1) is 0 Å². The number of carbonyl (C=O) groups is 1. The van der Waals surface area contributed by atoms with Gasteiger partial charge in [-0.25, -0.2) is 5.01 Å². The molecular weight excluding hydrogens is 278 g/mol. The Bertz CT molecular complexity index is 696. The summed E-state index contributed by atoms with van der Waals surface area (Å²) in [6.45, 7) is 5.90. The van der Waals surface area contributed by atoms with Gasteiger partial charge in [-0.3, -0.25) is 10.2 Å². The van der Waals surface area contributed by atoms with Gasteiger partial charge in [0.25, 0.3) is 5.91 Å². The van der Waals surface area contributed by atoms with E-state index in [0.717, 1.165) is 10.9 Å². The van der Waals surface area contributed by atoms with Crippen molar-refractivity contribution in [3.63, 3.8) is 0 Å². The SMILES string of the molecule is CN(C)NC(=O)c1c(C(O)C(C)(C)C)c2ccccc2n1C. The van der Waals surface area contributed by atoms with E-state index in [-0.39, 0.29) is 11.3 Å². The minimum Gasteiger partial charge on any atom is -0.388 e. The fourth-order valence-electron chi connectivity index (χ4n) is 2.66. The molecule has 5 heteroatoms. The number of aliphatic hydroxyl groups is 1. The molecule has 0 saturated carbocycles. The van der Waals surface area contributed by atoms with E-state index in [2.05, 4.69) is 5.43 Å². The van der Waals surface area contributed by atoms with Crippen LogP contribution in [0.5, 0.6) is 0 Å². The molecule has 0 radical (unpaired) electrons. The van der Waals surface area contributed by atoms with Gasteiger partial charge in [0.2, 0.25) is 0 Å². The molecule has 2 aromatic rings. The van der Waals surface area contributed by atoms with Crippen molar-refractivity contribution in [2.75, 3.05) is 14.1 Å². The fraction of sp³-hybridized carbons (Fsp3) is 0.471. The maximum atomic E-state index is 12.6. The van der Waals surface area contributed by atoms with Crippen molar-refractivity contribution in [3.8, 4) is 0 Å². The van der Waals surface area contributed by atoms with Crippen LogP contribution in [0.25, 0.3) is 10.9 Å². The molecular formula is C17H25N3O2. The Morgan fingerprint density at radius 2 is 1.86 bits per heavy atom. The quantitative estimate of drug-likeness (QED) is 0.856. The Morgan fingerprint density at radius 3 is 2.41 bits per heavy atom. The first-order valence-corrected chi connectivity index (χ1v) is 7.38. The van der Waals surface area contributed by atoms with E-state index in [1.54, 1.807) is 19.1 Å². The van der Waals surface area contributed by atoms with Gasteiger partial charge in [0, 0.05) is 37.6 Å². The summed E-state index contributed by atoms with van der Waals surface area (Å²) in [5.41, 5.74) is 4.52. The van der Waals surface area contributed by atoms with Gasteiger partial charge in [0.05, 0.1) is 6.10 Å². The number of hydrogen-bond acceptors (Lipinski definition) is 3. The summed E-state index contributed by atoms with van der Waals surface area (Å²) in [6, 6.07) is 7.77. The van der Waals surface area contributed by atoms with Gasteiger partial charge in [-0.05, 0) is 11.5 Å². The van der Waals surface area contributed by atoms with E-state index in [0.29, 0.717) is 11.3 Å². The average molecular weight is 303 g/mol. The standard InChI is InChI=1S/C17H25N3O2/c1-17(2,3)15(21)13-11-9-7-8-10-12(11)20(6)14(13)16(22)18-19(4)5/h7-10,15,21H,1-6H3,(H,18,22). The first-order valence-electron chi connectivity index (χ1n) is 7.38. The van der Waals surface area contributed by atoms with Crippen LogP contribution in [0.2, 0.25) is 0 Å². The zero-order valence-corrected chi connectivity index (χ0v) is 14.1. The Kier molecular flexibility index (Phi) is 4.31. The monoisotopic (exact) mass is 303 g/mol. The average Bonchev–Trinajstić information content (AvgIpc) is 2.70. The highest BCUT2D eigenvalue weighted by Gasteiger charge is 2.32. The predicted molar refractivity (Wildman–Crippen MR) is 88.5 cm³/mol. The van der Waals surface area contributed by atoms with Crippen LogP contribution >= 0.6 is 0 Å². The first-order chi connectivity index (χ1) is 10.1. The van der Waals surface area contributed by atoms with Crippen LogP contribution in [0.4, 0.5) is 0 Å². The van der Waals surface area contributed by atoms with Gasteiger partial charge >= 0.3 is 0 Å². The van der Waals surface area contributed by atoms with E-state index in [4.69, 9.17) is 0 Å². The molecule has 2 rings (SSSR count). The lowest BCUT2D eigenvalue weighted by Gasteiger charge is -2.27. The smallest absolute Gasteiger partial charge is 0.282 e. The molecule has 1 atom stereocenters. The van der Waals surface area contributed by atoms with Crippen molar-refractivity contribution in [1.82, 2.24) is 15.0 Å². The molecule has 2 N–H and O–H groups in total. The molecule has 0 bridgehead atoms. The van der Waals surface area contributed by atoms with Crippen LogP contribution < -0.4 is 5.43 Å². The summed E-state index contributed by atoms with van der Waals surface area (Å²) < 4.78 is 1.85.